The lowest BCUT2D eigenvalue weighted by Crippen LogP contribution is -2.48. The molecule has 9 heteroatoms. The van der Waals surface area contributed by atoms with E-state index in [2.05, 4.69) is 5.32 Å². The second-order valence-corrected chi connectivity index (χ2v) is 7.03. The molecule has 1 aromatic rings. The van der Waals surface area contributed by atoms with Crippen molar-refractivity contribution in [1.29, 1.82) is 0 Å². The number of halogens is 1. The molecule has 1 aliphatic carbocycles. The fourth-order valence-corrected chi connectivity index (χ4v) is 3.32. The zero-order chi connectivity index (χ0) is 19.7. The highest BCUT2D eigenvalue weighted by molar-refractivity contribution is 6.32. The van der Waals surface area contributed by atoms with Gasteiger partial charge in [0.1, 0.15) is 5.02 Å². The van der Waals surface area contributed by atoms with Crippen molar-refractivity contribution >= 4 is 29.3 Å². The number of benzene rings is 1. The van der Waals surface area contributed by atoms with Crippen molar-refractivity contribution < 1.29 is 19.2 Å². The SMILES string of the molecule is CCOC(=O)C1=C(C)N(CC2CC2)C(=O)N[C@@H]1c1ccc(Cl)c([N+](=O)[O-])c1. The molecule has 1 heterocycles. The minimum atomic E-state index is -0.844. The van der Waals surface area contributed by atoms with E-state index in [4.69, 9.17) is 16.3 Å². The summed E-state index contributed by atoms with van der Waals surface area (Å²) in [6.45, 7) is 4.11. The first-order chi connectivity index (χ1) is 12.8. The number of urea groups is 1. The van der Waals surface area contributed by atoms with E-state index >= 15 is 0 Å². The maximum Gasteiger partial charge on any atom is 0.338 e. The molecule has 27 heavy (non-hydrogen) atoms. The van der Waals surface area contributed by atoms with Crippen LogP contribution in [0.25, 0.3) is 0 Å². The van der Waals surface area contributed by atoms with Gasteiger partial charge in [0.15, 0.2) is 0 Å². The summed E-state index contributed by atoms with van der Waals surface area (Å²) in [5.74, 6) is -0.124. The molecule has 0 aromatic heterocycles. The molecule has 2 amide bonds. The Kier molecular flexibility index (Phi) is 5.36. The second-order valence-electron chi connectivity index (χ2n) is 6.62. The summed E-state index contributed by atoms with van der Waals surface area (Å²) < 4.78 is 5.17. The fraction of sp³-hybridized carbons (Fsp3) is 0.444. The van der Waals surface area contributed by atoms with E-state index in [1.54, 1.807) is 24.8 Å². The Hall–Kier alpha value is -2.61. The van der Waals surface area contributed by atoms with Crippen LogP contribution in [-0.4, -0.2) is 35.0 Å². The maximum absolute atomic E-state index is 12.6. The third-order valence-corrected chi connectivity index (χ3v) is 5.05. The van der Waals surface area contributed by atoms with Crippen LogP contribution >= 0.6 is 11.6 Å². The highest BCUT2D eigenvalue weighted by Crippen LogP contribution is 2.37. The predicted octanol–water partition coefficient (Wildman–Crippen LogP) is 3.56. The van der Waals surface area contributed by atoms with Crippen molar-refractivity contribution in [3.63, 3.8) is 0 Å². The molecule has 0 bridgehead atoms. The van der Waals surface area contributed by atoms with E-state index in [0.717, 1.165) is 12.8 Å². The van der Waals surface area contributed by atoms with Gasteiger partial charge in [0, 0.05) is 18.3 Å². The molecule has 2 aliphatic rings. The quantitative estimate of drug-likeness (QED) is 0.452. The Labute approximate surface area is 161 Å². The minimum Gasteiger partial charge on any atom is -0.463 e. The third kappa shape index (κ3) is 3.90. The summed E-state index contributed by atoms with van der Waals surface area (Å²) in [4.78, 5) is 37.4. The Morgan fingerprint density at radius 1 is 1.44 bits per heavy atom. The number of nitrogens with zero attached hydrogens (tertiary/aromatic N) is 2. The number of nitrogens with one attached hydrogen (secondary N) is 1. The van der Waals surface area contributed by atoms with Crippen molar-refractivity contribution in [2.24, 2.45) is 5.92 Å². The molecule has 1 atom stereocenters. The first kappa shape index (κ1) is 19.2. The average Bonchev–Trinajstić information content (AvgIpc) is 3.42. The van der Waals surface area contributed by atoms with E-state index in [1.165, 1.54) is 12.1 Å². The van der Waals surface area contributed by atoms with Crippen LogP contribution < -0.4 is 5.32 Å². The van der Waals surface area contributed by atoms with Crippen LogP contribution in [0.1, 0.15) is 38.3 Å². The van der Waals surface area contributed by atoms with Gasteiger partial charge < -0.3 is 10.1 Å². The van der Waals surface area contributed by atoms with Gasteiger partial charge in [0.25, 0.3) is 5.69 Å². The number of ether oxygens (including phenoxy) is 1. The summed E-state index contributed by atoms with van der Waals surface area (Å²) in [6.07, 6.45) is 2.11. The first-order valence-corrected chi connectivity index (χ1v) is 9.11. The zero-order valence-electron chi connectivity index (χ0n) is 15.0. The van der Waals surface area contributed by atoms with Gasteiger partial charge in [-0.3, -0.25) is 15.0 Å². The maximum atomic E-state index is 12.6. The number of nitro benzene ring substituents is 1. The molecule has 0 unspecified atom stereocenters. The van der Waals surface area contributed by atoms with Crippen LogP contribution in [0.4, 0.5) is 10.5 Å². The zero-order valence-corrected chi connectivity index (χ0v) is 15.8. The number of carbonyl (C=O) groups excluding carboxylic acids is 2. The topological polar surface area (TPSA) is 102 Å². The molecule has 0 saturated heterocycles. The number of rotatable bonds is 6. The van der Waals surface area contributed by atoms with Gasteiger partial charge in [-0.25, -0.2) is 9.59 Å². The minimum absolute atomic E-state index is 0.0142. The Balaban J connectivity index is 2.05. The van der Waals surface area contributed by atoms with E-state index in [1.807, 2.05) is 0 Å². The smallest absolute Gasteiger partial charge is 0.338 e. The lowest BCUT2D eigenvalue weighted by Gasteiger charge is -2.35. The fourth-order valence-electron chi connectivity index (χ4n) is 3.13. The predicted molar refractivity (Wildman–Crippen MR) is 98.1 cm³/mol. The normalized spacial score (nSPS) is 19.7. The lowest BCUT2D eigenvalue weighted by molar-refractivity contribution is -0.384. The van der Waals surface area contributed by atoms with E-state index in [0.29, 0.717) is 23.7 Å². The van der Waals surface area contributed by atoms with Gasteiger partial charge in [0.2, 0.25) is 0 Å². The molecule has 8 nitrogen and oxygen atoms in total. The Bertz CT molecular complexity index is 834. The molecule has 1 aromatic carbocycles. The van der Waals surface area contributed by atoms with Crippen LogP contribution in [0.3, 0.4) is 0 Å². The number of allylic oxidation sites excluding steroid dienone is 1. The largest absolute Gasteiger partial charge is 0.463 e. The van der Waals surface area contributed by atoms with Gasteiger partial charge >= 0.3 is 12.0 Å². The molecule has 1 fully saturated rings. The van der Waals surface area contributed by atoms with Gasteiger partial charge in [-0.05, 0) is 44.2 Å². The summed E-state index contributed by atoms with van der Waals surface area (Å²) in [5, 5.41) is 14.0. The van der Waals surface area contributed by atoms with Crippen LogP contribution in [0.2, 0.25) is 5.02 Å². The number of carbonyl (C=O) groups is 2. The Morgan fingerprint density at radius 3 is 2.74 bits per heavy atom. The number of hydrogen-bond acceptors (Lipinski definition) is 5. The Morgan fingerprint density at radius 2 is 2.15 bits per heavy atom. The molecule has 144 valence electrons. The standard InChI is InChI=1S/C18H20ClN3O5/c1-3-27-17(23)15-10(2)21(9-11-4-5-11)18(24)20-16(15)12-6-7-13(19)14(8-12)22(25)26/h6-8,11,16H,3-5,9H2,1-2H3,(H,20,24)/t16-/m1/s1. The van der Waals surface area contributed by atoms with Crippen LogP contribution in [-0.2, 0) is 9.53 Å². The highest BCUT2D eigenvalue weighted by Gasteiger charge is 2.39. The number of esters is 1. The molecule has 1 N–H and O–H groups in total. The average molecular weight is 394 g/mol. The lowest BCUT2D eigenvalue weighted by atomic mass is 9.94. The molecule has 0 radical (unpaired) electrons. The van der Waals surface area contributed by atoms with Crippen molar-refractivity contribution in [2.45, 2.75) is 32.7 Å². The number of amides is 2. The monoisotopic (exact) mass is 393 g/mol. The van der Waals surface area contributed by atoms with Crippen molar-refractivity contribution in [2.75, 3.05) is 13.2 Å². The van der Waals surface area contributed by atoms with E-state index < -0.39 is 16.9 Å². The summed E-state index contributed by atoms with van der Waals surface area (Å²) in [6, 6.07) is 3.04. The summed E-state index contributed by atoms with van der Waals surface area (Å²) in [7, 11) is 0. The van der Waals surface area contributed by atoms with Crippen LogP contribution in [0, 0.1) is 16.0 Å². The highest BCUT2D eigenvalue weighted by atomic mass is 35.5. The van der Waals surface area contributed by atoms with Gasteiger partial charge in [-0.15, -0.1) is 0 Å². The van der Waals surface area contributed by atoms with Crippen molar-refractivity contribution in [1.82, 2.24) is 10.2 Å². The number of hydrogen-bond donors (Lipinski definition) is 1. The molecule has 0 spiro atoms. The van der Waals surface area contributed by atoms with Gasteiger partial charge in [-0.2, -0.15) is 0 Å². The number of nitro groups is 1. The molecular formula is C18H20ClN3O5. The molecule has 1 saturated carbocycles. The molecular weight excluding hydrogens is 374 g/mol. The molecule has 3 rings (SSSR count). The molecule has 1 aliphatic heterocycles. The van der Waals surface area contributed by atoms with Crippen LogP contribution in [0.15, 0.2) is 29.5 Å². The first-order valence-electron chi connectivity index (χ1n) is 8.73. The summed E-state index contributed by atoms with van der Waals surface area (Å²) >= 11 is 5.88. The summed E-state index contributed by atoms with van der Waals surface area (Å²) in [5.41, 5.74) is 0.887. The van der Waals surface area contributed by atoms with Crippen molar-refractivity contribution in [3.8, 4) is 0 Å². The third-order valence-electron chi connectivity index (χ3n) is 4.73. The van der Waals surface area contributed by atoms with Gasteiger partial charge in [-0.1, -0.05) is 17.7 Å². The van der Waals surface area contributed by atoms with Crippen molar-refractivity contribution in [3.05, 3.63) is 50.2 Å². The van der Waals surface area contributed by atoms with Crippen LogP contribution in [0.5, 0.6) is 0 Å². The van der Waals surface area contributed by atoms with Gasteiger partial charge in [0.05, 0.1) is 23.1 Å². The van der Waals surface area contributed by atoms with E-state index in [9.17, 15) is 19.7 Å². The van der Waals surface area contributed by atoms with E-state index in [-0.39, 0.29) is 28.9 Å². The second kappa shape index (κ2) is 7.56.